The van der Waals surface area contributed by atoms with E-state index in [4.69, 9.17) is 24.7 Å². The van der Waals surface area contributed by atoms with E-state index in [1.54, 1.807) is 31.4 Å². The Morgan fingerprint density at radius 3 is 2.19 bits per heavy atom. The molecule has 0 spiro atoms. The van der Waals surface area contributed by atoms with Gasteiger partial charge in [0.1, 0.15) is 18.5 Å². The first-order chi connectivity index (χ1) is 15.0. The number of benzene rings is 2. The van der Waals surface area contributed by atoms with Crippen molar-refractivity contribution < 1.29 is 77.0 Å². The van der Waals surface area contributed by atoms with Crippen LogP contribution in [0.1, 0.15) is 0 Å². The average Bonchev–Trinajstić information content (AvgIpc) is 3.35. The van der Waals surface area contributed by atoms with Gasteiger partial charge in [0.25, 0.3) is 0 Å². The third kappa shape index (κ3) is 5.27. The first-order valence-electron chi connectivity index (χ1n) is 9.65. The molecular formula is C21H21AcFN3O6-. The predicted molar refractivity (Wildman–Crippen MR) is 109 cm³/mol. The smallest absolute Gasteiger partial charge is 0.414 e. The van der Waals surface area contributed by atoms with Crippen molar-refractivity contribution in [1.82, 2.24) is 0 Å². The summed E-state index contributed by atoms with van der Waals surface area (Å²) >= 11 is 0. The summed E-state index contributed by atoms with van der Waals surface area (Å²) in [6.45, 7) is 0.376. The molecule has 0 bridgehead atoms. The Morgan fingerprint density at radius 1 is 1.00 bits per heavy atom. The SMILES string of the molecule is COc1ccc(N2CC(COc3ccc(N4C[C@@H](C[NH-])OC4=O)cc3F)OC2=O)cc1.[Ac]. The summed E-state index contributed by atoms with van der Waals surface area (Å²) in [5.74, 6) is -0.00390. The zero-order valence-electron chi connectivity index (χ0n) is 17.3. The van der Waals surface area contributed by atoms with E-state index in [2.05, 4.69) is 0 Å². The van der Waals surface area contributed by atoms with E-state index in [1.807, 2.05) is 0 Å². The number of carbonyl (C=O) groups is 2. The van der Waals surface area contributed by atoms with E-state index in [9.17, 15) is 14.0 Å². The van der Waals surface area contributed by atoms with Crippen molar-refractivity contribution >= 4 is 23.6 Å². The van der Waals surface area contributed by atoms with Crippen LogP contribution in [0.25, 0.3) is 5.73 Å². The van der Waals surface area contributed by atoms with Gasteiger partial charge in [0.2, 0.25) is 0 Å². The Hall–Kier alpha value is -2.09. The zero-order valence-corrected chi connectivity index (χ0v) is 22.1. The molecule has 0 saturated carbocycles. The number of amides is 2. The number of cyclic esters (lactones) is 2. The molecular weight excluding hydrogens is 636 g/mol. The van der Waals surface area contributed by atoms with Crippen LogP contribution in [0.15, 0.2) is 42.5 Å². The van der Waals surface area contributed by atoms with E-state index in [0.29, 0.717) is 17.1 Å². The van der Waals surface area contributed by atoms with Crippen molar-refractivity contribution in [2.45, 2.75) is 12.2 Å². The molecule has 9 nitrogen and oxygen atoms in total. The maximum absolute atomic E-state index is 14.5. The molecule has 4 rings (SSSR count). The molecule has 2 aromatic rings. The summed E-state index contributed by atoms with van der Waals surface area (Å²) in [7, 11) is 1.56. The number of carbonyl (C=O) groups excluding carboxylic acids is 2. The number of hydrogen-bond donors (Lipinski definition) is 0. The van der Waals surface area contributed by atoms with E-state index < -0.39 is 30.2 Å². The van der Waals surface area contributed by atoms with Gasteiger partial charge >= 0.3 is 12.2 Å². The Morgan fingerprint density at radius 2 is 1.59 bits per heavy atom. The fourth-order valence-electron chi connectivity index (χ4n) is 3.38. The molecule has 11 heteroatoms. The summed E-state index contributed by atoms with van der Waals surface area (Å²) in [5, 5.41) is 0. The first kappa shape index (κ1) is 24.6. The fourth-order valence-corrected chi connectivity index (χ4v) is 3.38. The van der Waals surface area contributed by atoms with Gasteiger partial charge in [0.15, 0.2) is 17.7 Å². The Balaban J connectivity index is 0.00000289. The normalized spacial score (nSPS) is 20.0. The van der Waals surface area contributed by atoms with Crippen LogP contribution < -0.4 is 19.3 Å². The standard InChI is InChI=1S/C21H21FN3O6.Ac/c1-28-15-5-2-13(3-6-15)24-11-17(31-20(24)26)12-29-19-7-4-14(8-18(19)22)25-10-16(9-23)30-21(25)27;/h2-8,16-17,23H,9-12H2,1H3;/q-1;/t16-,17?;/m1./s1. The van der Waals surface area contributed by atoms with Crippen molar-refractivity contribution in [2.75, 3.05) is 43.2 Å². The van der Waals surface area contributed by atoms with Crippen LogP contribution in [0, 0.1) is 49.9 Å². The Labute approximate surface area is 220 Å². The van der Waals surface area contributed by atoms with E-state index >= 15 is 0 Å². The molecule has 167 valence electrons. The summed E-state index contributed by atoms with van der Waals surface area (Å²) in [6, 6.07) is 11.1. The largest absolute Gasteiger partial charge is 0.674 e. The molecule has 1 radical (unpaired) electrons. The summed E-state index contributed by atoms with van der Waals surface area (Å²) in [6.07, 6.45) is -2.22. The van der Waals surface area contributed by atoms with Gasteiger partial charge in [-0.2, -0.15) is 0 Å². The fraction of sp³-hybridized carbons (Fsp3) is 0.333. The summed E-state index contributed by atoms with van der Waals surface area (Å²) in [4.78, 5) is 26.8. The van der Waals surface area contributed by atoms with Crippen LogP contribution in [0.4, 0.5) is 25.4 Å². The quantitative estimate of drug-likeness (QED) is 0.451. The predicted octanol–water partition coefficient (Wildman–Crippen LogP) is 3.62. The molecule has 2 amide bonds. The van der Waals surface area contributed by atoms with Crippen LogP contribution >= 0.6 is 0 Å². The molecule has 2 aliphatic heterocycles. The van der Waals surface area contributed by atoms with Crippen LogP contribution in [0.3, 0.4) is 0 Å². The Kier molecular flexibility index (Phi) is 8.20. The molecule has 2 aliphatic rings. The van der Waals surface area contributed by atoms with Gasteiger partial charge in [-0.15, -0.1) is 6.54 Å². The molecule has 2 aromatic carbocycles. The second-order valence-corrected chi connectivity index (χ2v) is 7.06. The van der Waals surface area contributed by atoms with Crippen LogP contribution in [-0.2, 0) is 9.47 Å². The zero-order chi connectivity index (χ0) is 22.0. The topological polar surface area (TPSA) is 101 Å². The molecule has 2 atom stereocenters. The number of halogens is 1. The molecule has 1 unspecified atom stereocenters. The van der Waals surface area contributed by atoms with E-state index in [1.165, 1.54) is 28.0 Å². The van der Waals surface area contributed by atoms with Crippen molar-refractivity contribution in [3.8, 4) is 11.5 Å². The maximum Gasteiger partial charge on any atom is 0.414 e. The van der Waals surface area contributed by atoms with Gasteiger partial charge in [-0.05, 0) is 36.4 Å². The molecule has 2 fully saturated rings. The summed E-state index contributed by atoms with van der Waals surface area (Å²) < 4.78 is 35.5. The van der Waals surface area contributed by atoms with Crippen molar-refractivity contribution in [2.24, 2.45) is 0 Å². The molecule has 2 saturated heterocycles. The average molecular weight is 657 g/mol. The third-order valence-corrected chi connectivity index (χ3v) is 5.01. The molecule has 0 aliphatic carbocycles. The number of methoxy groups -OCH3 is 1. The second-order valence-electron chi connectivity index (χ2n) is 7.06. The van der Waals surface area contributed by atoms with Gasteiger partial charge in [-0.25, -0.2) is 14.0 Å². The minimum atomic E-state index is -0.657. The van der Waals surface area contributed by atoms with Gasteiger partial charge in [0, 0.05) is 55.8 Å². The van der Waals surface area contributed by atoms with Gasteiger partial charge in [0.05, 0.1) is 25.9 Å². The number of rotatable bonds is 7. The molecule has 1 N–H and O–H groups in total. The first-order valence-corrected chi connectivity index (χ1v) is 9.65. The van der Waals surface area contributed by atoms with Crippen LogP contribution in [0.2, 0.25) is 0 Å². The van der Waals surface area contributed by atoms with E-state index in [-0.39, 0.29) is 76.1 Å². The number of ether oxygens (including phenoxy) is 4. The maximum atomic E-state index is 14.5. The minimum absolute atomic E-state index is 0. The van der Waals surface area contributed by atoms with Gasteiger partial charge in [-0.1, -0.05) is 0 Å². The van der Waals surface area contributed by atoms with Gasteiger partial charge in [-0.3, -0.25) is 9.80 Å². The van der Waals surface area contributed by atoms with Crippen molar-refractivity contribution in [1.29, 1.82) is 0 Å². The van der Waals surface area contributed by atoms with E-state index in [0.717, 1.165) is 0 Å². The molecule has 32 heavy (non-hydrogen) atoms. The number of nitrogens with one attached hydrogen (secondary N) is 1. The minimum Gasteiger partial charge on any atom is -0.674 e. The second kappa shape index (κ2) is 10.7. The van der Waals surface area contributed by atoms with Crippen LogP contribution in [-0.4, -0.2) is 57.7 Å². The number of nitrogens with zero attached hydrogens (tertiary/aromatic N) is 2. The van der Waals surface area contributed by atoms with Crippen LogP contribution in [0.5, 0.6) is 11.5 Å². The number of anilines is 2. The van der Waals surface area contributed by atoms with Crippen molar-refractivity contribution in [3.05, 3.63) is 54.0 Å². The van der Waals surface area contributed by atoms with Gasteiger partial charge < -0.3 is 24.7 Å². The number of hydrogen-bond acceptors (Lipinski definition) is 6. The summed E-state index contributed by atoms with van der Waals surface area (Å²) in [5.41, 5.74) is 8.30. The molecule has 2 heterocycles. The van der Waals surface area contributed by atoms with Crippen molar-refractivity contribution in [3.63, 3.8) is 0 Å². The third-order valence-electron chi connectivity index (χ3n) is 5.01. The molecule has 0 aromatic heterocycles. The Bertz CT molecular complexity index is 977. The monoisotopic (exact) mass is 657 g/mol.